The topological polar surface area (TPSA) is 201 Å². The van der Waals surface area contributed by atoms with Gasteiger partial charge >= 0.3 is 29.6 Å². The van der Waals surface area contributed by atoms with Crippen LogP contribution in [0.1, 0.15) is 135 Å². The summed E-state index contributed by atoms with van der Waals surface area (Å²) >= 11 is 0. The van der Waals surface area contributed by atoms with Gasteiger partial charge in [0.1, 0.15) is 17.6 Å². The van der Waals surface area contributed by atoms with Gasteiger partial charge in [0.2, 0.25) is 5.72 Å². The average Bonchev–Trinajstić information content (AvgIpc) is 3.32. The van der Waals surface area contributed by atoms with E-state index in [2.05, 4.69) is 18.8 Å². The number of fused-ring (bicyclic) bond motifs is 9. The number of nitrogens with zero attached hydrogens (tertiary/aromatic N) is 1. The second kappa shape index (κ2) is 17.9. The van der Waals surface area contributed by atoms with Crippen LogP contribution in [0.5, 0.6) is 11.5 Å². The standard InChI is InChI=1S/C49H59N3O8S.Na/c1-29-8-9-32-24-38-15-17-39(32)41(29)27-44(61(56,57)58)42-25-35-22-34(26-43-33(28-53)7-5-6-31-23-37(54)14-16-40(31)46(35)59-43)45(42)30-10-12-36(13-11-30)49(60-38,52-47(50)51)21-20-48(55)18-3-2-4-19-48;/h10-17,23-25,29,33-34,41-46,53-55H,2-4,7-9,18-22,26-28H2,1H3,(H4,50,51,52)(H,56,57,58);/q;+1/p-1. The Morgan fingerprint density at radius 2 is 1.76 bits per heavy atom. The predicted molar refractivity (Wildman–Crippen MR) is 231 cm³/mol. The van der Waals surface area contributed by atoms with Crippen molar-refractivity contribution in [3.63, 3.8) is 0 Å². The van der Waals surface area contributed by atoms with E-state index in [1.807, 2.05) is 54.6 Å². The minimum atomic E-state index is -4.88. The van der Waals surface area contributed by atoms with E-state index in [0.717, 1.165) is 59.9 Å². The van der Waals surface area contributed by atoms with Gasteiger partial charge in [-0.1, -0.05) is 80.5 Å². The predicted octanol–water partition coefficient (Wildman–Crippen LogP) is 3.90. The SMILES string of the molecule is CC1CCc2cc3ccc2C1CC(S(=O)(=O)[O-])C1C=C2CC(CC4OC2c2ccc(O)cc2C#CCC4CO)C1c1ccc(cc1)C(CCC1(O)CCCCC1)(N=C(N)N)O3.[Na+]. The number of rotatable bonds is 6. The molecule has 0 aromatic heterocycles. The molecule has 10 unspecified atom stereocenters. The van der Waals surface area contributed by atoms with Gasteiger partial charge < -0.3 is 40.8 Å². The molecule has 2 fully saturated rings. The van der Waals surface area contributed by atoms with Crippen LogP contribution in [0.4, 0.5) is 0 Å². The fraction of sp³-hybridized carbons (Fsp3) is 0.531. The molecule has 8 aliphatic rings. The first-order valence-electron chi connectivity index (χ1n) is 22.2. The maximum Gasteiger partial charge on any atom is 1.00 e. The Morgan fingerprint density at radius 1 is 1.00 bits per heavy atom. The molecule has 5 heterocycles. The number of phenolic OH excluding ortho intramolecular Hbond substituents is 1. The van der Waals surface area contributed by atoms with Crippen molar-refractivity contribution >= 4 is 16.1 Å². The summed E-state index contributed by atoms with van der Waals surface area (Å²) in [5, 5.41) is 31.8. The number of aliphatic hydroxyl groups is 2. The third-order valence-electron chi connectivity index (χ3n) is 15.1. The summed E-state index contributed by atoms with van der Waals surface area (Å²) in [6.07, 6.45) is 9.22. The zero-order chi connectivity index (χ0) is 42.7. The summed E-state index contributed by atoms with van der Waals surface area (Å²) in [6.45, 7) is 1.99. The van der Waals surface area contributed by atoms with Gasteiger partial charge in [-0.25, -0.2) is 13.4 Å². The van der Waals surface area contributed by atoms with Crippen molar-refractivity contribution in [3.8, 4) is 23.3 Å². The van der Waals surface area contributed by atoms with Crippen LogP contribution < -0.4 is 45.8 Å². The van der Waals surface area contributed by atoms with Gasteiger partial charge in [0.15, 0.2) is 5.96 Å². The van der Waals surface area contributed by atoms with E-state index < -0.39 is 50.7 Å². The van der Waals surface area contributed by atoms with Crippen LogP contribution in [-0.4, -0.2) is 57.8 Å². The summed E-state index contributed by atoms with van der Waals surface area (Å²) in [4.78, 5) is 4.85. The Labute approximate surface area is 387 Å². The number of hydrogen-bond donors (Lipinski definition) is 5. The summed E-state index contributed by atoms with van der Waals surface area (Å²) < 4.78 is 56.0. The summed E-state index contributed by atoms with van der Waals surface area (Å²) in [5.41, 5.74) is 16.1. The number of aliphatic hydroxyl groups excluding tert-OH is 1. The first kappa shape index (κ1) is 45.2. The number of nitrogens with two attached hydrogens (primary N) is 2. The Morgan fingerprint density at radius 3 is 2.48 bits per heavy atom. The third kappa shape index (κ3) is 8.86. The number of aryl methyl sites for hydroxylation is 1. The van der Waals surface area contributed by atoms with Gasteiger partial charge in [-0.3, -0.25) is 0 Å². The number of benzene rings is 3. The molecule has 3 aromatic carbocycles. The number of phenols is 1. The van der Waals surface area contributed by atoms with E-state index in [9.17, 15) is 28.3 Å². The molecule has 3 aliphatic carbocycles. The first-order valence-corrected chi connectivity index (χ1v) is 23.7. The molecule has 10 bridgehead atoms. The maximum atomic E-state index is 14.0. The molecule has 0 radical (unpaired) electrons. The molecule has 13 heteroatoms. The smallest absolute Gasteiger partial charge is 0.748 e. The average molecular weight is 872 g/mol. The fourth-order valence-corrected chi connectivity index (χ4v) is 13.0. The summed E-state index contributed by atoms with van der Waals surface area (Å²) in [6, 6.07) is 18.9. The van der Waals surface area contributed by atoms with Crippen molar-refractivity contribution in [2.24, 2.45) is 40.1 Å². The Hall–Kier alpha value is -3.38. The number of ether oxygens (including phenoxy) is 2. The molecule has 11 rings (SSSR count). The minimum Gasteiger partial charge on any atom is -0.748 e. The fourth-order valence-electron chi connectivity index (χ4n) is 11.9. The molecule has 1 saturated heterocycles. The van der Waals surface area contributed by atoms with Gasteiger partial charge in [-0.05, 0) is 127 Å². The molecule has 0 spiro atoms. The second-order valence-corrected chi connectivity index (χ2v) is 20.5. The van der Waals surface area contributed by atoms with Crippen LogP contribution in [-0.2, 0) is 27.0 Å². The van der Waals surface area contributed by atoms with Crippen molar-refractivity contribution < 1.29 is 67.3 Å². The van der Waals surface area contributed by atoms with E-state index >= 15 is 0 Å². The third-order valence-corrected chi connectivity index (χ3v) is 16.3. The number of aromatic hydroxyl groups is 1. The Bertz CT molecular complexity index is 2380. The van der Waals surface area contributed by atoms with Crippen LogP contribution >= 0.6 is 0 Å². The molecule has 0 amide bonds. The first-order chi connectivity index (χ1) is 29.2. The van der Waals surface area contributed by atoms with E-state index in [0.29, 0.717) is 61.8 Å². The Kier molecular flexibility index (Phi) is 13.0. The van der Waals surface area contributed by atoms with Gasteiger partial charge in [0.25, 0.3) is 0 Å². The summed E-state index contributed by atoms with van der Waals surface area (Å²) in [7, 11) is -4.88. The van der Waals surface area contributed by atoms with Crippen molar-refractivity contribution in [2.45, 2.75) is 131 Å². The maximum absolute atomic E-state index is 14.0. The van der Waals surface area contributed by atoms with E-state index in [1.165, 1.54) is 0 Å². The quantitative estimate of drug-likeness (QED) is 0.0605. The zero-order valence-corrected chi connectivity index (χ0v) is 38.7. The number of aliphatic imine (C=N–C) groups is 1. The molecule has 5 aliphatic heterocycles. The van der Waals surface area contributed by atoms with Crippen molar-refractivity contribution in [1.82, 2.24) is 0 Å². The summed E-state index contributed by atoms with van der Waals surface area (Å²) in [5.74, 6) is 5.23. The van der Waals surface area contributed by atoms with Crippen LogP contribution in [0, 0.1) is 35.5 Å². The second-order valence-electron chi connectivity index (χ2n) is 18.9. The molecular formula is C49H58N3NaO8S. The number of guanidine groups is 1. The molecule has 7 N–H and O–H groups in total. The molecule has 10 atom stereocenters. The normalized spacial score (nSPS) is 32.1. The van der Waals surface area contributed by atoms with E-state index in [1.54, 1.807) is 12.1 Å². The number of allylic oxidation sites excluding steroid dienone is 1. The molecule has 62 heavy (non-hydrogen) atoms. The molecular weight excluding hydrogens is 814 g/mol. The largest absolute Gasteiger partial charge is 1.00 e. The van der Waals surface area contributed by atoms with Crippen molar-refractivity contribution in [1.29, 1.82) is 0 Å². The van der Waals surface area contributed by atoms with Gasteiger partial charge in [-0.2, -0.15) is 0 Å². The molecule has 1 saturated carbocycles. The van der Waals surface area contributed by atoms with Crippen LogP contribution in [0.3, 0.4) is 0 Å². The Balaban J connectivity index is 0.00000529. The number of hydrogen-bond acceptors (Lipinski definition) is 9. The van der Waals surface area contributed by atoms with Gasteiger partial charge in [0.05, 0.1) is 27.1 Å². The van der Waals surface area contributed by atoms with E-state index in [-0.39, 0.29) is 78.0 Å². The van der Waals surface area contributed by atoms with Gasteiger partial charge in [-0.15, -0.1) is 0 Å². The minimum absolute atomic E-state index is 0. The monoisotopic (exact) mass is 871 g/mol. The molecule has 3 aromatic rings. The molecule has 11 nitrogen and oxygen atoms in total. The van der Waals surface area contributed by atoms with Crippen molar-refractivity contribution in [3.05, 3.63) is 106 Å². The van der Waals surface area contributed by atoms with Gasteiger partial charge in [0, 0.05) is 42.1 Å². The van der Waals surface area contributed by atoms with Crippen LogP contribution in [0.2, 0.25) is 0 Å². The molecule has 324 valence electrons. The van der Waals surface area contributed by atoms with Crippen molar-refractivity contribution in [2.75, 3.05) is 6.61 Å². The van der Waals surface area contributed by atoms with E-state index in [4.69, 9.17) is 25.9 Å². The van der Waals surface area contributed by atoms with Crippen LogP contribution in [0.15, 0.2) is 77.3 Å². The van der Waals surface area contributed by atoms with Crippen LogP contribution in [0.25, 0.3) is 0 Å². The zero-order valence-electron chi connectivity index (χ0n) is 35.8.